The topological polar surface area (TPSA) is 6.48 Å². The maximum atomic E-state index is 2.89. The summed E-state index contributed by atoms with van der Waals surface area (Å²) in [7, 11) is -2.88. The zero-order valence-electron chi connectivity index (χ0n) is 45.1. The van der Waals surface area contributed by atoms with Gasteiger partial charge in [-0.1, -0.05) is 208 Å². The minimum Gasteiger partial charge on any atom is -0.376 e. The van der Waals surface area contributed by atoms with Crippen LogP contribution in [0.1, 0.15) is 103 Å². The Hall–Kier alpha value is -7.18. The summed E-state index contributed by atoms with van der Waals surface area (Å²) in [5.41, 5.74) is 25.9. The van der Waals surface area contributed by atoms with E-state index in [1.165, 1.54) is 155 Å². The fraction of sp³-hybridized carbons (Fsp3) is 0.211. The van der Waals surface area contributed by atoms with Crippen LogP contribution in [0.25, 0.3) is 54.6 Å². The van der Waals surface area contributed by atoms with E-state index in [0.29, 0.717) is 0 Å². The number of rotatable bonds is 2. The molecule has 0 saturated heterocycles. The number of thiophene rings is 1. The minimum absolute atomic E-state index is 0.0377. The number of anilines is 5. The van der Waals surface area contributed by atoms with Gasteiger partial charge < -0.3 is 9.71 Å². The fourth-order valence-electron chi connectivity index (χ4n) is 15.6. The van der Waals surface area contributed by atoms with Gasteiger partial charge in [-0.05, 0) is 158 Å². The van der Waals surface area contributed by atoms with Crippen molar-refractivity contribution in [3.05, 3.63) is 210 Å². The summed E-state index contributed by atoms with van der Waals surface area (Å²) in [4.78, 5) is 5.70. The number of benzene rings is 9. The van der Waals surface area contributed by atoms with E-state index in [1.807, 2.05) is 11.3 Å². The van der Waals surface area contributed by atoms with Crippen molar-refractivity contribution < 1.29 is 0 Å². The van der Waals surface area contributed by atoms with Gasteiger partial charge in [0.15, 0.2) is 8.07 Å². The Morgan fingerprint density at radius 3 is 1.79 bits per heavy atom. The monoisotopic (exact) mass is 1010 g/mol. The number of hydrogen-bond donors (Lipinski definition) is 0. The molecule has 368 valence electrons. The molecule has 10 aromatic rings. The highest BCUT2D eigenvalue weighted by Crippen LogP contribution is 2.61. The van der Waals surface area contributed by atoms with Gasteiger partial charge in [0.2, 0.25) is 0 Å². The Balaban J connectivity index is 1.12. The second-order valence-electron chi connectivity index (χ2n) is 25.8. The van der Waals surface area contributed by atoms with Crippen molar-refractivity contribution in [1.82, 2.24) is 0 Å². The van der Waals surface area contributed by atoms with Crippen molar-refractivity contribution in [1.29, 1.82) is 0 Å². The molecule has 9 aromatic carbocycles. The largest absolute Gasteiger partial charge is 0.376 e. The maximum absolute atomic E-state index is 2.89. The van der Waals surface area contributed by atoms with Crippen molar-refractivity contribution in [2.24, 2.45) is 0 Å². The predicted molar refractivity (Wildman–Crippen MR) is 329 cm³/mol. The molecule has 0 fully saturated rings. The van der Waals surface area contributed by atoms with Gasteiger partial charge >= 0.3 is 6.85 Å². The number of para-hydroxylation sites is 2. The van der Waals surface area contributed by atoms with Gasteiger partial charge in [0, 0.05) is 38.2 Å². The smallest absolute Gasteiger partial charge is 0.334 e. The minimum atomic E-state index is -2.88. The molecule has 0 N–H and O–H groups in total. The Labute approximate surface area is 453 Å². The first kappa shape index (κ1) is 45.1. The van der Waals surface area contributed by atoms with E-state index in [2.05, 4.69) is 254 Å². The van der Waals surface area contributed by atoms with Crippen LogP contribution in [0.5, 0.6) is 0 Å². The second kappa shape index (κ2) is 14.8. The molecule has 6 aliphatic rings. The van der Waals surface area contributed by atoms with E-state index >= 15 is 0 Å². The Morgan fingerprint density at radius 2 is 1.08 bits per heavy atom. The molecule has 0 atom stereocenters. The van der Waals surface area contributed by atoms with Crippen LogP contribution in [0, 0.1) is 0 Å². The van der Waals surface area contributed by atoms with Crippen LogP contribution in [-0.4, -0.2) is 14.9 Å². The van der Waals surface area contributed by atoms with Gasteiger partial charge in [0.1, 0.15) is 0 Å². The molecule has 0 unspecified atom stereocenters. The van der Waals surface area contributed by atoms with Crippen LogP contribution >= 0.6 is 11.3 Å². The van der Waals surface area contributed by atoms with Crippen LogP contribution in [0.4, 0.5) is 27.8 Å². The van der Waals surface area contributed by atoms with E-state index in [9.17, 15) is 0 Å². The highest BCUT2D eigenvalue weighted by molar-refractivity contribution is 7.27. The van der Waals surface area contributed by atoms with Crippen LogP contribution in [0.3, 0.4) is 0 Å². The highest BCUT2D eigenvalue weighted by atomic mass is 32.1. The molecule has 2 nitrogen and oxygen atoms in total. The predicted octanol–water partition coefficient (Wildman–Crippen LogP) is 14.9. The van der Waals surface area contributed by atoms with Gasteiger partial charge in [-0.15, -0.1) is 11.3 Å². The number of nitrogens with zero attached hydrogens (tertiary/aromatic N) is 2. The summed E-state index contributed by atoms with van der Waals surface area (Å²) in [5, 5.41) is 8.74. The SMILES string of the molecule is CC(C)(C)c1ccc(N2c3sc4cc5c(cc4c3B3c4c(cc6c(c42)-c2ccccc2C6(C)C)-c2cccc4c2N3c2ccccc2[Si]42c3ccccc3-c3ccccc32)C(C)(C)CCC5(C)C)c(-c2ccccc2)c1. The number of hydrogen-bond acceptors (Lipinski definition) is 3. The zero-order valence-corrected chi connectivity index (χ0v) is 46.9. The van der Waals surface area contributed by atoms with Gasteiger partial charge in [0.25, 0.3) is 0 Å². The lowest BCUT2D eigenvalue weighted by molar-refractivity contribution is 0.332. The molecule has 1 aromatic heterocycles. The van der Waals surface area contributed by atoms with Crippen molar-refractivity contribution in [3.8, 4) is 44.5 Å². The lowest BCUT2D eigenvalue weighted by Crippen LogP contribution is -2.78. The van der Waals surface area contributed by atoms with Crippen molar-refractivity contribution in [2.75, 3.05) is 9.71 Å². The molecule has 5 heteroatoms. The first-order valence-electron chi connectivity index (χ1n) is 27.8. The van der Waals surface area contributed by atoms with Crippen molar-refractivity contribution in [3.63, 3.8) is 0 Å². The van der Waals surface area contributed by atoms with Crippen molar-refractivity contribution >= 4 is 95.8 Å². The highest BCUT2D eigenvalue weighted by Gasteiger charge is 2.59. The third-order valence-corrected chi connectivity index (χ3v) is 25.6. The standard InChI is InChI=1S/C71H61BN2SSi/c1-68(2,3)43-34-35-55(48(38-43)42-22-11-10-12-23-42)73-66-62-47-26-13-16-28-51(47)71(8,9)54(62)39-49-46-27-21-33-61-65(46)74(56-29-17-20-32-60(56)76(61)58-30-18-14-24-44(58)45-25-15-19-31-59(45)76)72(63(49)66)64-50-40-52-53(41-57(50)75-67(64)73)70(6,7)37-36-69(52,4)5/h10-35,38-41H,36-37H2,1-9H3. The Kier molecular flexibility index (Phi) is 8.80. The summed E-state index contributed by atoms with van der Waals surface area (Å²) >= 11 is 2.03. The average molecular weight is 1010 g/mol. The molecule has 76 heavy (non-hydrogen) atoms. The Morgan fingerprint density at radius 1 is 0.474 bits per heavy atom. The van der Waals surface area contributed by atoms with Crippen LogP contribution in [0.15, 0.2) is 182 Å². The summed E-state index contributed by atoms with van der Waals surface area (Å²) in [5.74, 6) is 0. The van der Waals surface area contributed by atoms with E-state index in [4.69, 9.17) is 0 Å². The van der Waals surface area contributed by atoms with Crippen LogP contribution < -0.4 is 41.4 Å². The molecule has 4 aliphatic heterocycles. The molecule has 5 heterocycles. The summed E-state index contributed by atoms with van der Waals surface area (Å²) < 4.78 is 1.38. The molecular formula is C71H61BN2SSi. The van der Waals surface area contributed by atoms with Crippen LogP contribution in [-0.2, 0) is 21.7 Å². The fourth-order valence-corrected chi connectivity index (χ4v) is 22.5. The lowest BCUT2D eigenvalue weighted by atomic mass is 9.43. The quantitative estimate of drug-likeness (QED) is 0.159. The third-order valence-electron chi connectivity index (χ3n) is 19.5. The first-order valence-corrected chi connectivity index (χ1v) is 30.6. The van der Waals surface area contributed by atoms with Gasteiger partial charge in [-0.25, -0.2) is 0 Å². The summed E-state index contributed by atoms with van der Waals surface area (Å²) in [6, 6.07) is 72.1. The molecular weight excluding hydrogens is 952 g/mol. The van der Waals surface area contributed by atoms with E-state index in [0.717, 1.165) is 0 Å². The average Bonchev–Trinajstić information content (AvgIpc) is 3.75. The second-order valence-corrected chi connectivity index (χ2v) is 30.5. The lowest BCUT2D eigenvalue weighted by Gasteiger charge is -2.51. The molecule has 0 saturated carbocycles. The molecule has 0 amide bonds. The third kappa shape index (κ3) is 5.53. The van der Waals surface area contributed by atoms with Gasteiger partial charge in [-0.3, -0.25) is 0 Å². The van der Waals surface area contributed by atoms with E-state index < -0.39 is 8.07 Å². The molecule has 16 rings (SSSR count). The Bertz CT molecular complexity index is 4180. The van der Waals surface area contributed by atoms with E-state index in [1.54, 1.807) is 0 Å². The van der Waals surface area contributed by atoms with E-state index in [-0.39, 0.29) is 28.5 Å². The van der Waals surface area contributed by atoms with Gasteiger partial charge in [0.05, 0.1) is 16.4 Å². The normalized spacial score (nSPS) is 17.5. The summed E-state index contributed by atoms with van der Waals surface area (Å²) in [6.07, 6.45) is 2.35. The van der Waals surface area contributed by atoms with Crippen molar-refractivity contribution in [2.45, 2.75) is 96.8 Å². The zero-order chi connectivity index (χ0) is 51.6. The van der Waals surface area contributed by atoms with Gasteiger partial charge in [-0.2, -0.15) is 0 Å². The molecule has 0 bridgehead atoms. The summed E-state index contributed by atoms with van der Waals surface area (Å²) in [6.45, 7) is 21.9. The molecule has 2 aliphatic carbocycles. The maximum Gasteiger partial charge on any atom is 0.334 e. The number of fused-ring (bicyclic) bond motifs is 20. The van der Waals surface area contributed by atoms with Crippen LogP contribution in [0.2, 0.25) is 0 Å². The molecule has 0 radical (unpaired) electrons. The first-order chi connectivity index (χ1) is 36.6. The molecule has 1 spiro atoms.